The van der Waals surface area contributed by atoms with Crippen LogP contribution in [0.1, 0.15) is 16.7 Å². The maximum Gasteiger partial charge on any atom is 0.244 e. The van der Waals surface area contributed by atoms with Crippen LogP contribution in [-0.4, -0.2) is 51.0 Å². The lowest BCUT2D eigenvalue weighted by Gasteiger charge is -2.33. The Morgan fingerprint density at radius 3 is 2.19 bits per heavy atom. The molecule has 3 aromatic carbocycles. The Morgan fingerprint density at radius 2 is 1.58 bits per heavy atom. The van der Waals surface area contributed by atoms with Crippen LogP contribution in [-0.2, 0) is 32.6 Å². The molecule has 1 unspecified atom stereocenters. The van der Waals surface area contributed by atoms with Crippen LogP contribution in [0.3, 0.4) is 0 Å². The Hall–Kier alpha value is -3.17. The minimum atomic E-state index is -3.78. The average molecular weight is 573 g/mol. The van der Waals surface area contributed by atoms with E-state index in [-0.39, 0.29) is 18.9 Å². The molecule has 36 heavy (non-hydrogen) atoms. The number of hydrogen-bond donors (Lipinski definition) is 1. The summed E-state index contributed by atoms with van der Waals surface area (Å²) in [6.45, 7) is 1.49. The summed E-state index contributed by atoms with van der Waals surface area (Å²) in [4.78, 5) is 28.4. The van der Waals surface area contributed by atoms with Gasteiger partial charge in [0.15, 0.2) is 0 Å². The van der Waals surface area contributed by atoms with Gasteiger partial charge in [-0.1, -0.05) is 76.6 Å². The van der Waals surface area contributed by atoms with Gasteiger partial charge in [0.05, 0.1) is 11.9 Å². The fourth-order valence-electron chi connectivity index (χ4n) is 3.99. The minimum Gasteiger partial charge on any atom is -0.357 e. The quantitative estimate of drug-likeness (QED) is 0.399. The van der Waals surface area contributed by atoms with Crippen molar-refractivity contribution in [2.24, 2.45) is 0 Å². The van der Waals surface area contributed by atoms with Crippen LogP contribution < -0.4 is 9.62 Å². The third-order valence-electron chi connectivity index (χ3n) is 5.82. The van der Waals surface area contributed by atoms with Crippen LogP contribution in [0.2, 0.25) is 0 Å². The predicted octanol–water partition coefficient (Wildman–Crippen LogP) is 3.91. The van der Waals surface area contributed by atoms with E-state index in [1.807, 2.05) is 60.7 Å². The van der Waals surface area contributed by atoms with Gasteiger partial charge in [-0.25, -0.2) is 8.42 Å². The molecule has 0 aromatic heterocycles. The van der Waals surface area contributed by atoms with E-state index >= 15 is 0 Å². The first kappa shape index (κ1) is 27.4. The third-order valence-corrected chi connectivity index (χ3v) is 7.44. The second-order valence-electron chi connectivity index (χ2n) is 8.53. The maximum absolute atomic E-state index is 13.9. The van der Waals surface area contributed by atoms with Crippen LogP contribution in [0.4, 0.5) is 5.69 Å². The number of amides is 2. The highest BCUT2D eigenvalue weighted by Gasteiger charge is 2.32. The highest BCUT2D eigenvalue weighted by molar-refractivity contribution is 9.10. The van der Waals surface area contributed by atoms with Gasteiger partial charge < -0.3 is 10.2 Å². The van der Waals surface area contributed by atoms with Gasteiger partial charge in [-0.05, 0) is 41.8 Å². The van der Waals surface area contributed by atoms with Gasteiger partial charge in [-0.3, -0.25) is 13.9 Å². The number of para-hydroxylation sites is 1. The van der Waals surface area contributed by atoms with Crippen molar-refractivity contribution in [2.75, 3.05) is 24.2 Å². The minimum absolute atomic E-state index is 0.133. The molecule has 0 fully saturated rings. The molecule has 0 spiro atoms. The van der Waals surface area contributed by atoms with Gasteiger partial charge in [0.2, 0.25) is 21.8 Å². The first-order valence-electron chi connectivity index (χ1n) is 11.4. The maximum atomic E-state index is 13.9. The smallest absolute Gasteiger partial charge is 0.244 e. The van der Waals surface area contributed by atoms with E-state index in [9.17, 15) is 18.0 Å². The van der Waals surface area contributed by atoms with Crippen molar-refractivity contribution in [3.63, 3.8) is 0 Å². The standard InChI is InChI=1S/C27H30BrN3O4S/c1-20-10-7-8-15-24(20)31(36(3,34)35)19-26(32)30(18-22-13-9-14-23(28)16-22)25(27(33)29-2)17-21-11-5-4-6-12-21/h4-16,25H,17-19H2,1-3H3,(H,29,33). The highest BCUT2D eigenvalue weighted by atomic mass is 79.9. The van der Waals surface area contributed by atoms with E-state index < -0.39 is 28.5 Å². The lowest BCUT2D eigenvalue weighted by Crippen LogP contribution is -2.53. The number of nitrogens with one attached hydrogen (secondary N) is 1. The fourth-order valence-corrected chi connectivity index (χ4v) is 5.34. The Morgan fingerprint density at radius 1 is 0.944 bits per heavy atom. The number of hydrogen-bond acceptors (Lipinski definition) is 4. The summed E-state index contributed by atoms with van der Waals surface area (Å²) in [6.07, 6.45) is 1.36. The van der Waals surface area contributed by atoms with Gasteiger partial charge in [0.25, 0.3) is 0 Å². The molecule has 0 heterocycles. The summed E-state index contributed by atoms with van der Waals surface area (Å²) >= 11 is 3.46. The summed E-state index contributed by atoms with van der Waals surface area (Å²) < 4.78 is 27.5. The van der Waals surface area contributed by atoms with Gasteiger partial charge >= 0.3 is 0 Å². The number of halogens is 1. The van der Waals surface area contributed by atoms with Crippen molar-refractivity contribution in [1.29, 1.82) is 0 Å². The fraction of sp³-hybridized carbons (Fsp3) is 0.259. The molecule has 0 radical (unpaired) electrons. The molecule has 1 atom stereocenters. The average Bonchev–Trinajstić information content (AvgIpc) is 2.84. The zero-order valence-corrected chi connectivity index (χ0v) is 22.9. The van der Waals surface area contributed by atoms with E-state index in [4.69, 9.17) is 0 Å². The second kappa shape index (κ2) is 12.2. The number of rotatable bonds is 10. The monoisotopic (exact) mass is 571 g/mol. The number of aryl methyl sites for hydroxylation is 1. The molecule has 190 valence electrons. The third kappa shape index (κ3) is 7.18. The van der Waals surface area contributed by atoms with Crippen molar-refractivity contribution in [3.8, 4) is 0 Å². The molecular formula is C27H30BrN3O4S. The molecule has 0 aliphatic heterocycles. The van der Waals surface area contributed by atoms with Gasteiger partial charge in [-0.2, -0.15) is 0 Å². The number of nitrogens with zero attached hydrogens (tertiary/aromatic N) is 2. The molecule has 3 aromatic rings. The van der Waals surface area contributed by atoms with Gasteiger partial charge in [0.1, 0.15) is 12.6 Å². The normalized spacial score (nSPS) is 12.0. The number of benzene rings is 3. The molecular weight excluding hydrogens is 542 g/mol. The Kier molecular flexibility index (Phi) is 9.28. The van der Waals surface area contributed by atoms with E-state index in [0.717, 1.165) is 31.7 Å². The molecule has 7 nitrogen and oxygen atoms in total. The summed E-state index contributed by atoms with van der Waals surface area (Å²) in [5.41, 5.74) is 2.84. The van der Waals surface area contributed by atoms with Gasteiger partial charge in [0, 0.05) is 24.5 Å². The molecule has 0 saturated carbocycles. The summed E-state index contributed by atoms with van der Waals surface area (Å²) in [5.74, 6) is -0.808. The molecule has 0 aliphatic rings. The Labute approximate surface area is 221 Å². The first-order valence-corrected chi connectivity index (χ1v) is 14.1. The van der Waals surface area contributed by atoms with Crippen molar-refractivity contribution >= 4 is 43.5 Å². The van der Waals surface area contributed by atoms with Crippen molar-refractivity contribution in [1.82, 2.24) is 10.2 Å². The first-order chi connectivity index (χ1) is 17.1. The van der Waals surface area contributed by atoms with Crippen LogP contribution in [0.5, 0.6) is 0 Å². The van der Waals surface area contributed by atoms with Gasteiger partial charge in [-0.15, -0.1) is 0 Å². The van der Waals surface area contributed by atoms with Crippen molar-refractivity contribution in [2.45, 2.75) is 25.9 Å². The SMILES string of the molecule is CNC(=O)C(Cc1ccccc1)N(Cc1cccc(Br)c1)C(=O)CN(c1ccccc1C)S(C)(=O)=O. The van der Waals surface area contributed by atoms with E-state index in [1.165, 1.54) is 11.9 Å². The Bertz CT molecular complexity index is 1320. The number of sulfonamides is 1. The number of likely N-dealkylation sites (N-methyl/N-ethyl adjacent to an activating group) is 1. The van der Waals surface area contributed by atoms with Crippen LogP contribution >= 0.6 is 15.9 Å². The summed E-state index contributed by atoms with van der Waals surface area (Å²) in [6, 6.07) is 23.0. The molecule has 1 N–H and O–H groups in total. The highest BCUT2D eigenvalue weighted by Crippen LogP contribution is 2.24. The largest absolute Gasteiger partial charge is 0.357 e. The van der Waals surface area contributed by atoms with Crippen molar-refractivity contribution < 1.29 is 18.0 Å². The molecule has 2 amide bonds. The zero-order valence-electron chi connectivity index (χ0n) is 20.5. The lowest BCUT2D eigenvalue weighted by atomic mass is 10.0. The topological polar surface area (TPSA) is 86.8 Å². The molecule has 0 aliphatic carbocycles. The predicted molar refractivity (Wildman–Crippen MR) is 146 cm³/mol. The number of carbonyl (C=O) groups excluding carboxylic acids is 2. The lowest BCUT2D eigenvalue weighted by molar-refractivity contribution is -0.139. The Balaban J connectivity index is 2.04. The molecule has 0 bridgehead atoms. The summed E-state index contributed by atoms with van der Waals surface area (Å²) in [5, 5.41) is 2.67. The molecule has 0 saturated heterocycles. The molecule has 9 heteroatoms. The van der Waals surface area contributed by atoms with Crippen LogP contribution in [0.15, 0.2) is 83.3 Å². The molecule has 3 rings (SSSR count). The van der Waals surface area contributed by atoms with Crippen LogP contribution in [0.25, 0.3) is 0 Å². The van der Waals surface area contributed by atoms with E-state index in [0.29, 0.717) is 5.69 Å². The van der Waals surface area contributed by atoms with Crippen LogP contribution in [0, 0.1) is 6.92 Å². The second-order valence-corrected chi connectivity index (χ2v) is 11.3. The zero-order chi connectivity index (χ0) is 26.3. The van der Waals surface area contributed by atoms with E-state index in [2.05, 4.69) is 21.2 Å². The van der Waals surface area contributed by atoms with E-state index in [1.54, 1.807) is 25.1 Å². The number of carbonyl (C=O) groups is 2. The summed E-state index contributed by atoms with van der Waals surface area (Å²) in [7, 11) is -2.26. The van der Waals surface area contributed by atoms with Crippen molar-refractivity contribution in [3.05, 3.63) is 100 Å². The number of anilines is 1.